The number of benzene rings is 2. The Morgan fingerprint density at radius 1 is 1.15 bits per heavy atom. The highest BCUT2D eigenvalue weighted by Gasteiger charge is 2.22. The predicted molar refractivity (Wildman–Crippen MR) is 78.5 cm³/mol. The lowest BCUT2D eigenvalue weighted by Gasteiger charge is -2.31. The molecule has 2 aromatic carbocycles. The van der Waals surface area contributed by atoms with Gasteiger partial charge in [0.1, 0.15) is 6.54 Å². The van der Waals surface area contributed by atoms with Gasteiger partial charge < -0.3 is 10.2 Å². The van der Waals surface area contributed by atoms with E-state index in [0.29, 0.717) is 5.56 Å². The molecule has 3 rings (SSSR count). The van der Waals surface area contributed by atoms with Crippen molar-refractivity contribution in [3.63, 3.8) is 0 Å². The molecule has 1 aliphatic heterocycles. The Bertz CT molecular complexity index is 694. The van der Waals surface area contributed by atoms with Crippen molar-refractivity contribution in [2.75, 3.05) is 16.8 Å². The van der Waals surface area contributed by atoms with Crippen LogP contribution in [0.15, 0.2) is 48.5 Å². The Kier molecular flexibility index (Phi) is 2.99. The third-order valence-corrected chi connectivity index (χ3v) is 3.34. The number of Topliss-reactive ketones (excluding diaryl/α,β-unsaturated/α-hetero) is 1. The van der Waals surface area contributed by atoms with Crippen molar-refractivity contribution in [3.8, 4) is 0 Å². The third kappa shape index (κ3) is 2.16. The van der Waals surface area contributed by atoms with Crippen LogP contribution in [0.3, 0.4) is 0 Å². The predicted octanol–water partition coefficient (Wildman–Crippen LogP) is 2.98. The zero-order valence-corrected chi connectivity index (χ0v) is 11.1. The number of hydrogen-bond donors (Lipinski definition) is 1. The van der Waals surface area contributed by atoms with Crippen LogP contribution in [0, 0.1) is 0 Å². The molecule has 0 saturated heterocycles. The van der Waals surface area contributed by atoms with E-state index in [9.17, 15) is 9.59 Å². The lowest BCUT2D eigenvalue weighted by molar-refractivity contribution is -0.115. The molecule has 0 bridgehead atoms. The maximum atomic E-state index is 11.8. The van der Waals surface area contributed by atoms with E-state index < -0.39 is 0 Å². The monoisotopic (exact) mass is 266 g/mol. The number of nitrogens with one attached hydrogen (secondary N) is 1. The summed E-state index contributed by atoms with van der Waals surface area (Å²) in [6.45, 7) is 1.79. The molecular formula is C16H14N2O2. The second-order valence-corrected chi connectivity index (χ2v) is 4.76. The molecule has 4 heteroatoms. The number of carbonyl (C=O) groups excluding carboxylic acids is 2. The molecule has 0 saturated carbocycles. The first-order valence-corrected chi connectivity index (χ1v) is 6.42. The molecule has 0 aromatic heterocycles. The van der Waals surface area contributed by atoms with Gasteiger partial charge in [0, 0.05) is 11.3 Å². The van der Waals surface area contributed by atoms with Gasteiger partial charge >= 0.3 is 0 Å². The second kappa shape index (κ2) is 4.81. The lowest BCUT2D eigenvalue weighted by Crippen LogP contribution is -2.35. The third-order valence-electron chi connectivity index (χ3n) is 3.34. The highest BCUT2D eigenvalue weighted by atomic mass is 16.2. The van der Waals surface area contributed by atoms with Gasteiger partial charge in [-0.2, -0.15) is 0 Å². The summed E-state index contributed by atoms with van der Waals surface area (Å²) in [4.78, 5) is 25.2. The molecule has 0 fully saturated rings. The summed E-state index contributed by atoms with van der Waals surface area (Å²) < 4.78 is 0. The van der Waals surface area contributed by atoms with Gasteiger partial charge in [0.2, 0.25) is 5.91 Å². The number of hydrogen-bond acceptors (Lipinski definition) is 3. The first kappa shape index (κ1) is 12.4. The fourth-order valence-corrected chi connectivity index (χ4v) is 2.36. The molecule has 2 aromatic rings. The van der Waals surface area contributed by atoms with E-state index in [1.54, 1.807) is 6.07 Å². The van der Waals surface area contributed by atoms with Gasteiger partial charge in [-0.1, -0.05) is 24.3 Å². The molecular weight excluding hydrogens is 252 g/mol. The minimum atomic E-state index is -0.0584. The summed E-state index contributed by atoms with van der Waals surface area (Å²) in [6.07, 6.45) is 0. The average molecular weight is 266 g/mol. The number of ketones is 1. The van der Waals surface area contributed by atoms with Crippen LogP contribution in [-0.4, -0.2) is 18.2 Å². The lowest BCUT2D eigenvalue weighted by atomic mass is 10.1. The molecule has 0 radical (unpaired) electrons. The van der Waals surface area contributed by atoms with Crippen molar-refractivity contribution in [2.45, 2.75) is 6.92 Å². The average Bonchev–Trinajstić information content (AvgIpc) is 2.46. The topological polar surface area (TPSA) is 49.4 Å². The largest absolute Gasteiger partial charge is 0.330 e. The van der Waals surface area contributed by atoms with Gasteiger partial charge in [-0.3, -0.25) is 9.59 Å². The number of fused-ring (bicyclic) bond motifs is 1. The van der Waals surface area contributed by atoms with E-state index in [-0.39, 0.29) is 18.2 Å². The molecule has 1 aliphatic rings. The normalized spacial score (nSPS) is 13.7. The fourth-order valence-electron chi connectivity index (χ4n) is 2.36. The molecule has 1 heterocycles. The van der Waals surface area contributed by atoms with Crippen LogP contribution in [0.5, 0.6) is 0 Å². The van der Waals surface area contributed by atoms with Gasteiger partial charge in [-0.05, 0) is 31.2 Å². The zero-order valence-electron chi connectivity index (χ0n) is 11.1. The van der Waals surface area contributed by atoms with Crippen molar-refractivity contribution >= 4 is 28.8 Å². The summed E-state index contributed by atoms with van der Waals surface area (Å²) in [5, 5.41) is 2.85. The Morgan fingerprint density at radius 3 is 2.75 bits per heavy atom. The highest BCUT2D eigenvalue weighted by molar-refractivity contribution is 6.03. The summed E-state index contributed by atoms with van der Waals surface area (Å²) in [5.74, 6) is -0.0430. The number of nitrogens with zero attached hydrogens (tertiary/aromatic N) is 1. The van der Waals surface area contributed by atoms with E-state index in [1.807, 2.05) is 47.4 Å². The number of anilines is 3. The summed E-state index contributed by atoms with van der Waals surface area (Å²) >= 11 is 0. The molecule has 0 spiro atoms. The maximum absolute atomic E-state index is 11.8. The zero-order chi connectivity index (χ0) is 14.1. The number of amides is 1. The van der Waals surface area contributed by atoms with E-state index in [1.165, 1.54) is 6.92 Å². The first-order chi connectivity index (χ1) is 9.65. The molecule has 1 N–H and O–H groups in total. The molecule has 0 atom stereocenters. The van der Waals surface area contributed by atoms with Crippen molar-refractivity contribution in [1.29, 1.82) is 0 Å². The molecule has 4 nitrogen and oxygen atoms in total. The molecule has 20 heavy (non-hydrogen) atoms. The van der Waals surface area contributed by atoms with Crippen LogP contribution in [0.1, 0.15) is 17.3 Å². The van der Waals surface area contributed by atoms with Crippen LogP contribution < -0.4 is 10.2 Å². The van der Waals surface area contributed by atoms with E-state index in [0.717, 1.165) is 17.1 Å². The maximum Gasteiger partial charge on any atom is 0.244 e. The SMILES string of the molecule is CC(=O)c1cccc(N2CC(=O)Nc3ccccc32)c1. The fraction of sp³-hybridized carbons (Fsp3) is 0.125. The van der Waals surface area contributed by atoms with Gasteiger partial charge in [0.05, 0.1) is 11.4 Å². The number of para-hydroxylation sites is 2. The van der Waals surface area contributed by atoms with E-state index >= 15 is 0 Å². The minimum absolute atomic E-state index is 0.0154. The summed E-state index contributed by atoms with van der Waals surface area (Å²) in [7, 11) is 0. The molecule has 1 amide bonds. The number of rotatable bonds is 2. The highest BCUT2D eigenvalue weighted by Crippen LogP contribution is 2.34. The Morgan fingerprint density at radius 2 is 1.95 bits per heavy atom. The second-order valence-electron chi connectivity index (χ2n) is 4.76. The Balaban J connectivity index is 2.08. The van der Waals surface area contributed by atoms with Gasteiger partial charge in [-0.25, -0.2) is 0 Å². The standard InChI is InChI=1S/C16H14N2O2/c1-11(19)12-5-4-6-13(9-12)18-10-16(20)17-14-7-2-3-8-15(14)18/h2-9H,10H2,1H3,(H,17,20). The first-order valence-electron chi connectivity index (χ1n) is 6.42. The summed E-state index contributed by atoms with van der Waals surface area (Å²) in [5.41, 5.74) is 3.22. The van der Waals surface area contributed by atoms with Crippen molar-refractivity contribution < 1.29 is 9.59 Å². The molecule has 100 valence electrons. The minimum Gasteiger partial charge on any atom is -0.330 e. The molecule has 0 aliphatic carbocycles. The van der Waals surface area contributed by atoms with E-state index in [2.05, 4.69) is 5.32 Å². The van der Waals surface area contributed by atoms with E-state index in [4.69, 9.17) is 0 Å². The van der Waals surface area contributed by atoms with Gasteiger partial charge in [0.25, 0.3) is 0 Å². The summed E-state index contributed by atoms with van der Waals surface area (Å²) in [6, 6.07) is 15.0. The van der Waals surface area contributed by atoms with Crippen LogP contribution in [0.25, 0.3) is 0 Å². The van der Waals surface area contributed by atoms with Crippen molar-refractivity contribution in [1.82, 2.24) is 0 Å². The number of carbonyl (C=O) groups is 2. The Labute approximate surface area is 117 Å². The van der Waals surface area contributed by atoms with Gasteiger partial charge in [0.15, 0.2) is 5.78 Å². The smallest absolute Gasteiger partial charge is 0.244 e. The van der Waals surface area contributed by atoms with Crippen molar-refractivity contribution in [3.05, 3.63) is 54.1 Å². The molecule has 0 unspecified atom stereocenters. The Hall–Kier alpha value is -2.62. The van der Waals surface area contributed by atoms with Crippen LogP contribution in [-0.2, 0) is 4.79 Å². The van der Waals surface area contributed by atoms with Crippen molar-refractivity contribution in [2.24, 2.45) is 0 Å². The van der Waals surface area contributed by atoms with Crippen LogP contribution in [0.4, 0.5) is 17.1 Å². The quantitative estimate of drug-likeness (QED) is 0.850. The van der Waals surface area contributed by atoms with Crippen LogP contribution >= 0.6 is 0 Å². The van der Waals surface area contributed by atoms with Gasteiger partial charge in [-0.15, -0.1) is 0 Å². The van der Waals surface area contributed by atoms with Crippen LogP contribution in [0.2, 0.25) is 0 Å².